The number of aromatic nitrogens is 2. The lowest BCUT2D eigenvalue weighted by Gasteiger charge is -2.38. The normalized spacial score (nSPS) is 24.0. The van der Waals surface area contributed by atoms with Gasteiger partial charge in [0.05, 0.1) is 23.7 Å². The van der Waals surface area contributed by atoms with Crippen molar-refractivity contribution in [2.45, 2.75) is 38.7 Å². The smallest absolute Gasteiger partial charge is 0.123 e. The van der Waals surface area contributed by atoms with Gasteiger partial charge < -0.3 is 5.11 Å². The molecule has 4 heteroatoms. The zero-order chi connectivity index (χ0) is 20.0. The van der Waals surface area contributed by atoms with Crippen LogP contribution >= 0.6 is 0 Å². The summed E-state index contributed by atoms with van der Waals surface area (Å²) >= 11 is 0. The molecule has 0 radical (unpaired) electrons. The first-order chi connectivity index (χ1) is 14.0. The summed E-state index contributed by atoms with van der Waals surface area (Å²) in [5, 5.41) is 15.7. The zero-order valence-corrected chi connectivity index (χ0v) is 16.6. The molecule has 1 heterocycles. The van der Waals surface area contributed by atoms with Crippen LogP contribution in [0.1, 0.15) is 36.6 Å². The third kappa shape index (κ3) is 3.12. The average Bonchev–Trinajstić information content (AvgIpc) is 3.27. The van der Waals surface area contributed by atoms with E-state index in [1.165, 1.54) is 28.8 Å². The molecule has 2 aromatic carbocycles. The van der Waals surface area contributed by atoms with E-state index < -0.39 is 0 Å². The molecule has 0 amide bonds. The minimum atomic E-state index is -0.359. The fourth-order valence-electron chi connectivity index (χ4n) is 5.28. The van der Waals surface area contributed by atoms with Crippen molar-refractivity contribution in [1.82, 2.24) is 9.78 Å². The monoisotopic (exact) mass is 388 g/mol. The Hall–Kier alpha value is -2.72. The molecule has 0 aliphatic heterocycles. The molecule has 0 spiro atoms. The van der Waals surface area contributed by atoms with Gasteiger partial charge in [-0.15, -0.1) is 0 Å². The maximum Gasteiger partial charge on any atom is 0.123 e. The standard InChI is InChI=1S/C25H25FN2O/c1-25-15-18-16-27-28(21-10-8-20(26)9-11-21)23(18)14-19(25)7-12-22(25)24(29)13-17-5-3-2-4-6-17/h2-6,8-11,14,16,22,24,29H,7,12-13,15H2,1H3/t22-,24-,25+/m1/s1. The van der Waals surface area contributed by atoms with Gasteiger partial charge in [0.2, 0.25) is 0 Å². The quantitative estimate of drug-likeness (QED) is 0.685. The van der Waals surface area contributed by atoms with Crippen LogP contribution in [0.2, 0.25) is 0 Å². The summed E-state index contributed by atoms with van der Waals surface area (Å²) in [6, 6.07) is 16.7. The Morgan fingerprint density at radius 2 is 1.93 bits per heavy atom. The van der Waals surface area contributed by atoms with Gasteiger partial charge in [0, 0.05) is 0 Å². The Balaban J connectivity index is 1.44. The summed E-state index contributed by atoms with van der Waals surface area (Å²) in [7, 11) is 0. The maximum atomic E-state index is 13.3. The molecule has 1 saturated carbocycles. The fraction of sp³-hybridized carbons (Fsp3) is 0.320. The largest absolute Gasteiger partial charge is 0.392 e. The number of hydrogen-bond donors (Lipinski definition) is 1. The van der Waals surface area contributed by atoms with Crippen molar-refractivity contribution < 1.29 is 9.50 Å². The van der Waals surface area contributed by atoms with Crippen molar-refractivity contribution in [3.63, 3.8) is 0 Å². The molecule has 3 atom stereocenters. The molecule has 2 aliphatic carbocycles. The third-order valence-electron chi connectivity index (χ3n) is 6.85. The van der Waals surface area contributed by atoms with E-state index in [-0.39, 0.29) is 23.3 Å². The van der Waals surface area contributed by atoms with Crippen molar-refractivity contribution in [3.05, 3.63) is 89.0 Å². The van der Waals surface area contributed by atoms with Crippen LogP contribution < -0.4 is 0 Å². The number of hydrogen-bond acceptors (Lipinski definition) is 2. The van der Waals surface area contributed by atoms with Crippen LogP contribution in [-0.2, 0) is 12.8 Å². The highest BCUT2D eigenvalue weighted by molar-refractivity contribution is 5.62. The van der Waals surface area contributed by atoms with Gasteiger partial charge in [0.15, 0.2) is 0 Å². The second-order valence-corrected chi connectivity index (χ2v) is 8.61. The second-order valence-electron chi connectivity index (χ2n) is 8.61. The summed E-state index contributed by atoms with van der Waals surface area (Å²) in [4.78, 5) is 0. The number of allylic oxidation sites excluding steroid dienone is 1. The molecule has 3 aromatic rings. The van der Waals surface area contributed by atoms with Gasteiger partial charge in [-0.3, -0.25) is 0 Å². The minimum absolute atomic E-state index is 0.0438. The second kappa shape index (κ2) is 6.96. The number of rotatable bonds is 4. The van der Waals surface area contributed by atoms with Gasteiger partial charge in [-0.2, -0.15) is 5.10 Å². The molecule has 1 N–H and O–H groups in total. The highest BCUT2D eigenvalue weighted by Crippen LogP contribution is 2.54. The predicted molar refractivity (Wildman–Crippen MR) is 112 cm³/mol. The van der Waals surface area contributed by atoms with E-state index in [0.29, 0.717) is 6.42 Å². The van der Waals surface area contributed by atoms with Crippen LogP contribution in [0, 0.1) is 17.2 Å². The van der Waals surface area contributed by atoms with E-state index in [1.807, 2.05) is 29.1 Å². The number of aliphatic hydroxyl groups is 1. The van der Waals surface area contributed by atoms with E-state index >= 15 is 0 Å². The highest BCUT2D eigenvalue weighted by atomic mass is 19.1. The first-order valence-electron chi connectivity index (χ1n) is 10.3. The first-order valence-corrected chi connectivity index (χ1v) is 10.3. The van der Waals surface area contributed by atoms with E-state index in [0.717, 1.165) is 30.6 Å². The van der Waals surface area contributed by atoms with Crippen molar-refractivity contribution in [2.24, 2.45) is 11.3 Å². The molecule has 29 heavy (non-hydrogen) atoms. The van der Waals surface area contributed by atoms with E-state index in [1.54, 1.807) is 12.1 Å². The van der Waals surface area contributed by atoms with E-state index in [2.05, 4.69) is 30.2 Å². The van der Waals surface area contributed by atoms with Crippen molar-refractivity contribution in [1.29, 1.82) is 0 Å². The molecular formula is C25H25FN2O. The lowest BCUT2D eigenvalue weighted by molar-refractivity contribution is 0.0566. The summed E-state index contributed by atoms with van der Waals surface area (Å²) in [6.07, 6.45) is 7.40. The fourth-order valence-corrected chi connectivity index (χ4v) is 5.28. The Labute approximate surface area is 170 Å². The predicted octanol–water partition coefficient (Wildman–Crippen LogP) is 4.97. The molecule has 1 aromatic heterocycles. The van der Waals surface area contributed by atoms with Crippen LogP contribution in [0.15, 0.2) is 66.4 Å². The summed E-state index contributed by atoms with van der Waals surface area (Å²) in [5.74, 6) is -0.0111. The van der Waals surface area contributed by atoms with E-state index in [4.69, 9.17) is 0 Å². The Morgan fingerprint density at radius 1 is 1.17 bits per heavy atom. The SMILES string of the molecule is C[C@]12Cc3cnn(-c4ccc(F)cc4)c3C=C1CC[C@@H]2[C@H](O)Cc1ccccc1. The molecule has 3 nitrogen and oxygen atoms in total. The van der Waals surface area contributed by atoms with Gasteiger partial charge in [0.1, 0.15) is 5.82 Å². The molecule has 0 saturated heterocycles. The molecule has 0 bridgehead atoms. The summed E-state index contributed by atoms with van der Waals surface area (Å²) < 4.78 is 15.2. The van der Waals surface area contributed by atoms with Crippen molar-refractivity contribution in [3.8, 4) is 5.69 Å². The maximum absolute atomic E-state index is 13.3. The van der Waals surface area contributed by atoms with Crippen LogP contribution in [0.3, 0.4) is 0 Å². The van der Waals surface area contributed by atoms with Crippen LogP contribution in [0.5, 0.6) is 0 Å². The van der Waals surface area contributed by atoms with Gasteiger partial charge >= 0.3 is 0 Å². The average molecular weight is 388 g/mol. The minimum Gasteiger partial charge on any atom is -0.392 e. The highest BCUT2D eigenvalue weighted by Gasteiger charge is 2.48. The molecular weight excluding hydrogens is 363 g/mol. The summed E-state index contributed by atoms with van der Waals surface area (Å²) in [6.45, 7) is 2.29. The van der Waals surface area contributed by atoms with Gasteiger partial charge in [-0.1, -0.05) is 42.8 Å². The van der Waals surface area contributed by atoms with Gasteiger partial charge in [0.25, 0.3) is 0 Å². The third-order valence-corrected chi connectivity index (χ3v) is 6.85. The number of benzene rings is 2. The number of halogens is 1. The topological polar surface area (TPSA) is 38.0 Å². The number of fused-ring (bicyclic) bond motifs is 2. The molecule has 148 valence electrons. The molecule has 5 rings (SSSR count). The van der Waals surface area contributed by atoms with Crippen molar-refractivity contribution in [2.75, 3.05) is 0 Å². The van der Waals surface area contributed by atoms with Crippen molar-refractivity contribution >= 4 is 6.08 Å². The van der Waals surface area contributed by atoms with Crippen LogP contribution in [0.4, 0.5) is 4.39 Å². The first kappa shape index (κ1) is 18.3. The molecule has 1 fully saturated rings. The van der Waals surface area contributed by atoms with Crippen LogP contribution in [0.25, 0.3) is 11.8 Å². The summed E-state index contributed by atoms with van der Waals surface area (Å²) in [5.41, 5.74) is 5.68. The molecule has 0 unspecified atom stereocenters. The number of nitrogens with zero attached hydrogens (tertiary/aromatic N) is 2. The van der Waals surface area contributed by atoms with Gasteiger partial charge in [-0.05, 0) is 78.5 Å². The number of aliphatic hydroxyl groups excluding tert-OH is 1. The molecule has 2 aliphatic rings. The lowest BCUT2D eigenvalue weighted by Crippen LogP contribution is -2.37. The van der Waals surface area contributed by atoms with Crippen LogP contribution in [-0.4, -0.2) is 21.0 Å². The van der Waals surface area contributed by atoms with Gasteiger partial charge in [-0.25, -0.2) is 9.07 Å². The lowest BCUT2D eigenvalue weighted by atomic mass is 9.67. The zero-order valence-electron chi connectivity index (χ0n) is 16.6. The Kier molecular flexibility index (Phi) is 4.39. The Bertz CT molecular complexity index is 1050. The van der Waals surface area contributed by atoms with E-state index in [9.17, 15) is 9.50 Å². The Morgan fingerprint density at radius 3 is 2.69 bits per heavy atom.